The molecule has 136 valence electrons. The van der Waals surface area contributed by atoms with E-state index in [2.05, 4.69) is 5.32 Å². The van der Waals surface area contributed by atoms with Gasteiger partial charge in [0.05, 0.1) is 12.3 Å². The van der Waals surface area contributed by atoms with Crippen LogP contribution in [0.25, 0.3) is 0 Å². The number of nitrogens with one attached hydrogen (secondary N) is 1. The summed E-state index contributed by atoms with van der Waals surface area (Å²) < 4.78 is 19.4. The van der Waals surface area contributed by atoms with Gasteiger partial charge in [-0.3, -0.25) is 19.3 Å². The zero-order valence-corrected chi connectivity index (χ0v) is 14.1. The topological polar surface area (TPSA) is 105 Å². The largest absolute Gasteiger partial charge is 0.370 e. The van der Waals surface area contributed by atoms with Gasteiger partial charge in [-0.1, -0.05) is 6.92 Å². The van der Waals surface area contributed by atoms with Crippen molar-refractivity contribution >= 4 is 29.1 Å². The third-order valence-corrected chi connectivity index (χ3v) is 3.95. The lowest BCUT2D eigenvalue weighted by Gasteiger charge is -2.27. The minimum Gasteiger partial charge on any atom is -0.370 e. The van der Waals surface area contributed by atoms with Crippen molar-refractivity contribution < 1.29 is 23.5 Å². The number of amides is 3. The molecule has 8 nitrogen and oxygen atoms in total. The van der Waals surface area contributed by atoms with Crippen LogP contribution in [0.3, 0.4) is 0 Å². The van der Waals surface area contributed by atoms with Crippen molar-refractivity contribution in [1.29, 1.82) is 0 Å². The van der Waals surface area contributed by atoms with Crippen molar-refractivity contribution in [3.05, 3.63) is 24.0 Å². The van der Waals surface area contributed by atoms with E-state index in [1.165, 1.54) is 21.9 Å². The normalized spacial score (nSPS) is 16.0. The second kappa shape index (κ2) is 8.04. The summed E-state index contributed by atoms with van der Waals surface area (Å²) in [6, 6.07) is 2.80. The Bertz CT molecular complexity index is 682. The minimum absolute atomic E-state index is 0.0957. The molecular weight excluding hydrogens is 331 g/mol. The maximum absolute atomic E-state index is 14.4. The number of benzene rings is 1. The summed E-state index contributed by atoms with van der Waals surface area (Å²) in [6.07, 6.45) is 0. The predicted molar refractivity (Wildman–Crippen MR) is 89.5 cm³/mol. The molecule has 25 heavy (non-hydrogen) atoms. The molecule has 9 heteroatoms. The Morgan fingerprint density at radius 2 is 2.20 bits per heavy atom. The molecule has 0 aromatic heterocycles. The lowest BCUT2D eigenvalue weighted by molar-refractivity contribution is -0.131. The Balaban J connectivity index is 2.16. The second-order valence-electron chi connectivity index (χ2n) is 5.63. The number of nitrogens with zero attached hydrogens (tertiary/aromatic N) is 2. The third kappa shape index (κ3) is 4.31. The zero-order chi connectivity index (χ0) is 18.6. The lowest BCUT2D eigenvalue weighted by Crippen LogP contribution is -2.50. The molecule has 1 aliphatic rings. The fraction of sp³-hybridized carbons (Fsp3) is 0.438. The molecule has 0 saturated carbocycles. The number of halogens is 1. The van der Waals surface area contributed by atoms with E-state index in [1.807, 2.05) is 0 Å². The van der Waals surface area contributed by atoms with Crippen LogP contribution >= 0.6 is 0 Å². The van der Waals surface area contributed by atoms with Crippen LogP contribution < -0.4 is 16.0 Å². The highest BCUT2D eigenvalue weighted by Crippen LogP contribution is 2.24. The van der Waals surface area contributed by atoms with Gasteiger partial charge in [-0.25, -0.2) is 4.39 Å². The first-order chi connectivity index (χ1) is 11.8. The van der Waals surface area contributed by atoms with Crippen LogP contribution in [-0.2, 0) is 19.1 Å². The highest BCUT2D eigenvalue weighted by molar-refractivity contribution is 6.09. The van der Waals surface area contributed by atoms with Crippen molar-refractivity contribution in [2.24, 2.45) is 5.73 Å². The average Bonchev–Trinajstić information content (AvgIpc) is 2.55. The monoisotopic (exact) mass is 352 g/mol. The van der Waals surface area contributed by atoms with E-state index in [0.29, 0.717) is 13.2 Å². The number of nitrogens with two attached hydrogens (primary N) is 1. The molecule has 1 aromatic rings. The predicted octanol–water partition coefficient (Wildman–Crippen LogP) is -0.0670. The van der Waals surface area contributed by atoms with Gasteiger partial charge >= 0.3 is 0 Å². The van der Waals surface area contributed by atoms with Gasteiger partial charge in [0.15, 0.2) is 6.04 Å². The van der Waals surface area contributed by atoms with E-state index >= 15 is 0 Å². The number of ether oxygens (including phenoxy) is 1. The van der Waals surface area contributed by atoms with Gasteiger partial charge in [-0.15, -0.1) is 0 Å². The SMILES string of the molecule is CCN(C)[C@H](C(N)=O)C(=O)Nc1ccc(N2CCOCC2=O)c(F)c1. The number of morpholine rings is 1. The smallest absolute Gasteiger partial charge is 0.253 e. The number of hydrogen-bond acceptors (Lipinski definition) is 5. The fourth-order valence-corrected chi connectivity index (χ4v) is 2.52. The van der Waals surface area contributed by atoms with Crippen LogP contribution in [0.2, 0.25) is 0 Å². The Morgan fingerprint density at radius 1 is 1.48 bits per heavy atom. The molecule has 1 saturated heterocycles. The molecule has 0 radical (unpaired) electrons. The third-order valence-electron chi connectivity index (χ3n) is 3.95. The van der Waals surface area contributed by atoms with E-state index in [0.717, 1.165) is 6.07 Å². The number of carbonyl (C=O) groups is 3. The van der Waals surface area contributed by atoms with E-state index in [-0.39, 0.29) is 30.4 Å². The Kier molecular flexibility index (Phi) is 6.05. The van der Waals surface area contributed by atoms with Crippen molar-refractivity contribution in [2.45, 2.75) is 13.0 Å². The highest BCUT2D eigenvalue weighted by Gasteiger charge is 2.28. The van der Waals surface area contributed by atoms with Crippen molar-refractivity contribution in [3.8, 4) is 0 Å². The summed E-state index contributed by atoms with van der Waals surface area (Å²) in [4.78, 5) is 38.3. The molecule has 0 unspecified atom stereocenters. The second-order valence-corrected chi connectivity index (χ2v) is 5.63. The Morgan fingerprint density at radius 3 is 2.76 bits per heavy atom. The standard InChI is InChI=1S/C16H21FN4O4/c1-3-20(2)14(15(18)23)16(24)19-10-4-5-12(11(17)8-10)21-6-7-25-9-13(21)22/h4-5,8,14H,3,6-7,9H2,1-2H3,(H2,18,23)(H,19,24)/t14-/m1/s1. The molecule has 1 heterocycles. The molecule has 3 amide bonds. The van der Waals surface area contributed by atoms with Gasteiger partial charge in [0, 0.05) is 12.2 Å². The number of rotatable bonds is 6. The van der Waals surface area contributed by atoms with Crippen molar-refractivity contribution in [3.63, 3.8) is 0 Å². The van der Waals surface area contributed by atoms with E-state index in [4.69, 9.17) is 10.5 Å². The van der Waals surface area contributed by atoms with Crippen LogP contribution in [0.4, 0.5) is 15.8 Å². The van der Waals surface area contributed by atoms with Crippen LogP contribution in [-0.4, -0.2) is 62.0 Å². The van der Waals surface area contributed by atoms with Gasteiger partial charge in [0.2, 0.25) is 5.91 Å². The Hall–Kier alpha value is -2.52. The van der Waals surface area contributed by atoms with Gasteiger partial charge < -0.3 is 20.7 Å². The molecule has 1 atom stereocenters. The molecule has 3 N–H and O–H groups in total. The molecule has 2 rings (SSSR count). The highest BCUT2D eigenvalue weighted by atomic mass is 19.1. The maximum atomic E-state index is 14.4. The zero-order valence-electron chi connectivity index (χ0n) is 14.1. The van der Waals surface area contributed by atoms with Gasteiger partial charge in [-0.05, 0) is 31.8 Å². The molecule has 1 fully saturated rings. The van der Waals surface area contributed by atoms with E-state index in [1.54, 1.807) is 14.0 Å². The summed E-state index contributed by atoms with van der Waals surface area (Å²) >= 11 is 0. The van der Waals surface area contributed by atoms with Gasteiger partial charge in [0.1, 0.15) is 12.4 Å². The number of likely N-dealkylation sites (N-methyl/N-ethyl adjacent to an activating group) is 1. The average molecular weight is 352 g/mol. The van der Waals surface area contributed by atoms with Crippen LogP contribution in [0.5, 0.6) is 0 Å². The molecular formula is C16H21FN4O4. The Labute approximate surface area is 144 Å². The first kappa shape index (κ1) is 18.8. The lowest BCUT2D eigenvalue weighted by atomic mass is 10.2. The summed E-state index contributed by atoms with van der Waals surface area (Å²) in [5, 5.41) is 2.47. The van der Waals surface area contributed by atoms with Crippen LogP contribution in [0.1, 0.15) is 6.92 Å². The molecule has 0 aliphatic carbocycles. The van der Waals surface area contributed by atoms with Gasteiger partial charge in [0.25, 0.3) is 11.8 Å². The number of anilines is 2. The van der Waals surface area contributed by atoms with E-state index < -0.39 is 23.7 Å². The summed E-state index contributed by atoms with van der Waals surface area (Å²) in [7, 11) is 1.59. The van der Waals surface area contributed by atoms with Crippen molar-refractivity contribution in [2.75, 3.05) is 43.6 Å². The number of hydrogen-bond donors (Lipinski definition) is 2. The first-order valence-electron chi connectivity index (χ1n) is 7.83. The molecule has 1 aliphatic heterocycles. The summed E-state index contributed by atoms with van der Waals surface area (Å²) in [5.74, 6) is -2.43. The van der Waals surface area contributed by atoms with Crippen molar-refractivity contribution in [1.82, 2.24) is 4.90 Å². The molecule has 0 spiro atoms. The summed E-state index contributed by atoms with van der Waals surface area (Å²) in [5.41, 5.74) is 5.55. The van der Waals surface area contributed by atoms with Crippen LogP contribution in [0.15, 0.2) is 18.2 Å². The number of primary amides is 1. The first-order valence-corrected chi connectivity index (χ1v) is 7.83. The summed E-state index contributed by atoms with van der Waals surface area (Å²) in [6.45, 7) is 2.70. The molecule has 1 aromatic carbocycles. The quantitative estimate of drug-likeness (QED) is 0.698. The minimum atomic E-state index is -1.16. The van der Waals surface area contributed by atoms with E-state index in [9.17, 15) is 18.8 Å². The maximum Gasteiger partial charge on any atom is 0.253 e. The molecule has 0 bridgehead atoms. The van der Waals surface area contributed by atoms with Crippen LogP contribution in [0, 0.1) is 5.82 Å². The van der Waals surface area contributed by atoms with Gasteiger partial charge in [-0.2, -0.15) is 0 Å². The fourth-order valence-electron chi connectivity index (χ4n) is 2.52. The number of carbonyl (C=O) groups excluding carboxylic acids is 3.